The fourth-order valence-electron chi connectivity index (χ4n) is 2.25. The SMILES string of the molecule is NCC1CCCN1S(=O)(=O)c1c(Cl)cc(Cl)cc1Cl. The molecule has 19 heavy (non-hydrogen) atoms. The summed E-state index contributed by atoms with van der Waals surface area (Å²) in [6.07, 6.45) is 1.53. The maximum atomic E-state index is 12.6. The standard InChI is InChI=1S/C11H13Cl3N2O2S/c12-7-4-9(13)11(10(14)5-7)19(17,18)16-3-1-2-8(16)6-15/h4-5,8H,1-3,6,15H2. The van der Waals surface area contributed by atoms with E-state index >= 15 is 0 Å². The molecule has 1 heterocycles. The molecule has 106 valence electrons. The number of rotatable bonds is 3. The normalized spacial score (nSPS) is 20.9. The van der Waals surface area contributed by atoms with Gasteiger partial charge in [0, 0.05) is 24.2 Å². The predicted molar refractivity (Wildman–Crippen MR) is 77.4 cm³/mol. The number of nitrogens with zero attached hydrogens (tertiary/aromatic N) is 1. The van der Waals surface area contributed by atoms with Gasteiger partial charge in [-0.1, -0.05) is 34.8 Å². The van der Waals surface area contributed by atoms with Gasteiger partial charge in [-0.2, -0.15) is 4.31 Å². The molecule has 0 saturated carbocycles. The summed E-state index contributed by atoms with van der Waals surface area (Å²) in [6.45, 7) is 0.710. The molecule has 8 heteroatoms. The summed E-state index contributed by atoms with van der Waals surface area (Å²) in [5.41, 5.74) is 5.61. The summed E-state index contributed by atoms with van der Waals surface area (Å²) in [4.78, 5) is -0.0967. The Morgan fingerprint density at radius 1 is 1.26 bits per heavy atom. The third-order valence-electron chi connectivity index (χ3n) is 3.12. The summed E-state index contributed by atoms with van der Waals surface area (Å²) in [7, 11) is -3.75. The fourth-order valence-corrected chi connectivity index (χ4v) is 5.45. The molecule has 1 aromatic carbocycles. The highest BCUT2D eigenvalue weighted by molar-refractivity contribution is 7.89. The summed E-state index contributed by atoms with van der Waals surface area (Å²) in [5, 5.41) is 0.353. The van der Waals surface area contributed by atoms with Crippen LogP contribution in [0.4, 0.5) is 0 Å². The molecule has 1 aliphatic rings. The van der Waals surface area contributed by atoms with Crippen molar-refractivity contribution in [2.24, 2.45) is 5.73 Å². The molecule has 0 bridgehead atoms. The average molecular weight is 344 g/mol. The van der Waals surface area contributed by atoms with E-state index in [-0.39, 0.29) is 27.5 Å². The van der Waals surface area contributed by atoms with Crippen molar-refractivity contribution in [3.8, 4) is 0 Å². The molecule has 4 nitrogen and oxygen atoms in total. The molecule has 0 aromatic heterocycles. The minimum Gasteiger partial charge on any atom is -0.329 e. The lowest BCUT2D eigenvalue weighted by Gasteiger charge is -2.24. The second-order valence-corrected chi connectivity index (χ2v) is 7.42. The molecule has 0 amide bonds. The largest absolute Gasteiger partial charge is 0.329 e. The van der Waals surface area contributed by atoms with Crippen molar-refractivity contribution in [2.75, 3.05) is 13.1 Å². The number of nitrogens with two attached hydrogens (primary N) is 1. The van der Waals surface area contributed by atoms with Crippen molar-refractivity contribution in [1.29, 1.82) is 0 Å². The van der Waals surface area contributed by atoms with E-state index in [1.165, 1.54) is 16.4 Å². The highest BCUT2D eigenvalue weighted by Gasteiger charge is 2.36. The van der Waals surface area contributed by atoms with Gasteiger partial charge in [0.25, 0.3) is 0 Å². The van der Waals surface area contributed by atoms with Crippen LogP contribution in [-0.4, -0.2) is 31.9 Å². The van der Waals surface area contributed by atoms with Crippen molar-refractivity contribution in [3.63, 3.8) is 0 Å². The first-order valence-corrected chi connectivity index (χ1v) is 8.31. The Balaban J connectivity index is 2.51. The Hall–Kier alpha value is -0.0400. The zero-order valence-electron chi connectivity index (χ0n) is 9.94. The predicted octanol–water partition coefficient (Wildman–Crippen LogP) is 2.76. The van der Waals surface area contributed by atoms with Crippen molar-refractivity contribution in [2.45, 2.75) is 23.8 Å². The van der Waals surface area contributed by atoms with Crippen LogP contribution in [0, 0.1) is 0 Å². The van der Waals surface area contributed by atoms with Gasteiger partial charge in [-0.05, 0) is 25.0 Å². The molecular formula is C11H13Cl3N2O2S. The van der Waals surface area contributed by atoms with Gasteiger partial charge < -0.3 is 5.73 Å². The highest BCUT2D eigenvalue weighted by atomic mass is 35.5. The first-order valence-electron chi connectivity index (χ1n) is 5.74. The van der Waals surface area contributed by atoms with E-state index in [4.69, 9.17) is 40.5 Å². The Bertz CT molecular complexity index is 569. The average Bonchev–Trinajstić information content (AvgIpc) is 2.75. The van der Waals surface area contributed by atoms with Crippen LogP contribution in [0.5, 0.6) is 0 Å². The molecule has 2 rings (SSSR count). The molecule has 0 radical (unpaired) electrons. The van der Waals surface area contributed by atoms with Gasteiger partial charge in [0.2, 0.25) is 10.0 Å². The first kappa shape index (κ1) is 15.4. The number of sulfonamides is 1. The van der Waals surface area contributed by atoms with Crippen LogP contribution in [0.25, 0.3) is 0 Å². The highest BCUT2D eigenvalue weighted by Crippen LogP contribution is 2.36. The number of hydrogen-bond acceptors (Lipinski definition) is 3. The molecule has 1 fully saturated rings. The Labute approximate surface area is 127 Å². The lowest BCUT2D eigenvalue weighted by Crippen LogP contribution is -2.40. The second-order valence-electron chi connectivity index (χ2n) is 4.35. The second kappa shape index (κ2) is 5.76. The van der Waals surface area contributed by atoms with Gasteiger partial charge >= 0.3 is 0 Å². The van der Waals surface area contributed by atoms with Gasteiger partial charge in [0.15, 0.2) is 0 Å². The molecule has 0 aliphatic carbocycles. The van der Waals surface area contributed by atoms with E-state index in [9.17, 15) is 8.42 Å². The molecule has 1 aromatic rings. The lowest BCUT2D eigenvalue weighted by atomic mass is 10.2. The number of halogens is 3. The fraction of sp³-hybridized carbons (Fsp3) is 0.455. The van der Waals surface area contributed by atoms with Gasteiger partial charge in [0.05, 0.1) is 10.0 Å². The monoisotopic (exact) mass is 342 g/mol. The van der Waals surface area contributed by atoms with Gasteiger partial charge in [0.1, 0.15) is 4.90 Å². The maximum Gasteiger partial charge on any atom is 0.246 e. The maximum absolute atomic E-state index is 12.6. The van der Waals surface area contributed by atoms with E-state index in [2.05, 4.69) is 0 Å². The number of hydrogen-bond donors (Lipinski definition) is 1. The van der Waals surface area contributed by atoms with E-state index in [0.717, 1.165) is 12.8 Å². The number of benzene rings is 1. The zero-order valence-corrected chi connectivity index (χ0v) is 13.0. The Kier molecular flexibility index (Phi) is 4.65. The van der Waals surface area contributed by atoms with Gasteiger partial charge in [-0.15, -0.1) is 0 Å². The van der Waals surface area contributed by atoms with Crippen LogP contribution in [0.2, 0.25) is 15.1 Å². The Morgan fingerprint density at radius 3 is 2.37 bits per heavy atom. The third-order valence-corrected chi connectivity index (χ3v) is 6.22. The van der Waals surface area contributed by atoms with E-state index in [1.807, 2.05) is 0 Å². The molecule has 1 atom stereocenters. The van der Waals surface area contributed by atoms with Crippen molar-refractivity contribution < 1.29 is 8.42 Å². The van der Waals surface area contributed by atoms with E-state index in [0.29, 0.717) is 11.6 Å². The Morgan fingerprint density at radius 2 is 1.84 bits per heavy atom. The van der Waals surface area contributed by atoms with Crippen molar-refractivity contribution >= 4 is 44.8 Å². The topological polar surface area (TPSA) is 63.4 Å². The summed E-state index contributed by atoms with van der Waals surface area (Å²) in [5.74, 6) is 0. The molecule has 0 spiro atoms. The lowest BCUT2D eigenvalue weighted by molar-refractivity contribution is 0.393. The summed E-state index contributed by atoms with van der Waals surface area (Å²) >= 11 is 17.8. The molecular weight excluding hydrogens is 331 g/mol. The minimum atomic E-state index is -3.75. The van der Waals surface area contributed by atoms with Crippen molar-refractivity contribution in [1.82, 2.24) is 4.31 Å². The molecule has 1 aliphatic heterocycles. The van der Waals surface area contributed by atoms with E-state index < -0.39 is 10.0 Å². The first-order chi connectivity index (χ1) is 8.87. The molecule has 2 N–H and O–H groups in total. The van der Waals surface area contributed by atoms with Crippen LogP contribution in [0.3, 0.4) is 0 Å². The zero-order chi connectivity index (χ0) is 14.2. The van der Waals surface area contributed by atoms with Crippen molar-refractivity contribution in [3.05, 3.63) is 27.2 Å². The molecule has 1 saturated heterocycles. The molecule has 1 unspecified atom stereocenters. The van der Waals surface area contributed by atoms with Crippen LogP contribution >= 0.6 is 34.8 Å². The van der Waals surface area contributed by atoms with Crippen LogP contribution in [0.15, 0.2) is 17.0 Å². The van der Waals surface area contributed by atoms with Gasteiger partial charge in [-0.3, -0.25) is 0 Å². The van der Waals surface area contributed by atoms with Crippen LogP contribution in [0.1, 0.15) is 12.8 Å². The summed E-state index contributed by atoms with van der Waals surface area (Å²) < 4.78 is 26.6. The van der Waals surface area contributed by atoms with Crippen LogP contribution < -0.4 is 5.73 Å². The van der Waals surface area contributed by atoms with Crippen LogP contribution in [-0.2, 0) is 10.0 Å². The summed E-state index contributed by atoms with van der Waals surface area (Å²) in [6, 6.07) is 2.54. The quantitative estimate of drug-likeness (QED) is 0.918. The minimum absolute atomic E-state index is 0.0279. The van der Waals surface area contributed by atoms with E-state index in [1.54, 1.807) is 0 Å². The van der Waals surface area contributed by atoms with Gasteiger partial charge in [-0.25, -0.2) is 8.42 Å². The smallest absolute Gasteiger partial charge is 0.246 e. The third kappa shape index (κ3) is 2.86.